The van der Waals surface area contributed by atoms with Gasteiger partial charge >= 0.3 is 13.8 Å². The average Bonchev–Trinajstić information content (AvgIpc) is 3.26. The largest absolute Gasteiger partial charge is 0.534 e. The predicted molar refractivity (Wildman–Crippen MR) is 121 cm³/mol. The lowest BCUT2D eigenvalue weighted by Gasteiger charge is -2.32. The maximum absolute atomic E-state index is 12.8. The number of aliphatic hydroxyl groups is 2. The second-order valence-corrected chi connectivity index (χ2v) is 9.17. The van der Waals surface area contributed by atoms with Gasteiger partial charge in [0, 0.05) is 16.8 Å². The molecule has 2 aliphatic heterocycles. The zero-order chi connectivity index (χ0) is 24.4. The molecule has 1 aromatic carbocycles. The number of terminal acetylenes is 1. The Hall–Kier alpha value is -2.00. The van der Waals surface area contributed by atoms with Crippen LogP contribution in [0.5, 0.6) is 5.75 Å². The quantitative estimate of drug-likeness (QED) is 0.241. The second kappa shape index (κ2) is 10.1. The van der Waals surface area contributed by atoms with Crippen LogP contribution in [0.3, 0.4) is 0 Å². The van der Waals surface area contributed by atoms with Crippen molar-refractivity contribution in [2.24, 2.45) is 0 Å². The number of nitrogens with zero attached hydrogens (tertiary/aromatic N) is 1. The van der Waals surface area contributed by atoms with Gasteiger partial charge < -0.3 is 19.5 Å². The van der Waals surface area contributed by atoms with E-state index < -0.39 is 31.7 Å². The van der Waals surface area contributed by atoms with Gasteiger partial charge in [-0.05, 0) is 43.3 Å². The summed E-state index contributed by atoms with van der Waals surface area (Å²) in [5.41, 5.74) is 0.0351. The van der Waals surface area contributed by atoms with Crippen molar-refractivity contribution in [1.82, 2.24) is 9.55 Å². The highest BCUT2D eigenvalue weighted by atomic mass is 35.5. The Kier molecular flexibility index (Phi) is 7.84. The van der Waals surface area contributed by atoms with E-state index in [4.69, 9.17) is 48.6 Å². The van der Waals surface area contributed by atoms with E-state index >= 15 is 0 Å². The molecule has 1 saturated heterocycles. The molecule has 3 unspecified atom stereocenters. The molecule has 178 valence electrons. The van der Waals surface area contributed by atoms with E-state index in [1.54, 1.807) is 6.07 Å². The van der Waals surface area contributed by atoms with Gasteiger partial charge in [0.25, 0.3) is 5.56 Å². The van der Waals surface area contributed by atoms with Crippen molar-refractivity contribution in [3.05, 3.63) is 55.7 Å². The molecular weight excluding hydrogens is 495 g/mol. The molecule has 3 N–H and O–H groups in total. The third-order valence-electron chi connectivity index (χ3n) is 4.71. The number of H-pyrrole nitrogens is 1. The van der Waals surface area contributed by atoms with Crippen LogP contribution in [0.1, 0.15) is 44.0 Å². The smallest absolute Gasteiger partial charge is 0.404 e. The first kappa shape index (κ1) is 25.6. The molecule has 2 aliphatic rings. The van der Waals surface area contributed by atoms with Crippen LogP contribution in [0.2, 0.25) is 5.02 Å². The fraction of sp³-hybridized carbons (Fsp3) is 0.400. The summed E-state index contributed by atoms with van der Waals surface area (Å²) in [7, 11) is -4.38. The summed E-state index contributed by atoms with van der Waals surface area (Å²) >= 11 is 11.0. The topological polar surface area (TPSA) is 132 Å². The molecule has 2 aromatic rings. The number of halogens is 1. The lowest BCUT2D eigenvalue weighted by atomic mass is 10.2. The lowest BCUT2D eigenvalue weighted by molar-refractivity contribution is -0.349. The summed E-state index contributed by atoms with van der Waals surface area (Å²) in [4.78, 5) is 14.2. The fourth-order valence-electron chi connectivity index (χ4n) is 3.22. The van der Waals surface area contributed by atoms with Crippen LogP contribution in [-0.4, -0.2) is 31.8 Å². The van der Waals surface area contributed by atoms with Crippen LogP contribution in [0.25, 0.3) is 0 Å². The number of phosphoric acid groups is 1. The number of hydrogen-bond acceptors (Lipinski definition) is 9. The normalized spacial score (nSPS) is 24.1. The first-order valence-corrected chi connectivity index (χ1v) is 12.2. The minimum atomic E-state index is -4.38. The summed E-state index contributed by atoms with van der Waals surface area (Å²) < 4.78 is 35.2. The molecule has 1 aromatic heterocycles. The van der Waals surface area contributed by atoms with Crippen LogP contribution in [0.4, 0.5) is 0 Å². The summed E-state index contributed by atoms with van der Waals surface area (Å²) in [6, 6.07) is 4.55. The fourth-order valence-corrected chi connectivity index (χ4v) is 4.98. The van der Waals surface area contributed by atoms with Crippen molar-refractivity contribution in [2.75, 3.05) is 0 Å². The molecule has 4 rings (SSSR count). The maximum Gasteiger partial charge on any atom is 0.534 e. The number of phosphoric ester groups is 1. The van der Waals surface area contributed by atoms with Crippen LogP contribution < -0.4 is 10.1 Å². The first-order chi connectivity index (χ1) is 15.6. The van der Waals surface area contributed by atoms with E-state index in [9.17, 15) is 19.6 Å². The van der Waals surface area contributed by atoms with Gasteiger partial charge in [0.1, 0.15) is 23.6 Å². The van der Waals surface area contributed by atoms with Crippen LogP contribution >= 0.6 is 31.6 Å². The highest BCUT2D eigenvalue weighted by Gasteiger charge is 2.50. The Balaban J connectivity index is 0.00000149. The monoisotopic (exact) mass is 516 g/mol. The number of aromatic amines is 1. The zero-order valence-electron chi connectivity index (χ0n) is 17.7. The Bertz CT molecular complexity index is 1240. The second-order valence-electron chi connectivity index (χ2n) is 6.82. The van der Waals surface area contributed by atoms with Gasteiger partial charge in [-0.2, -0.15) is 0 Å². The van der Waals surface area contributed by atoms with Crippen molar-refractivity contribution < 1.29 is 33.1 Å². The highest BCUT2D eigenvalue weighted by Crippen LogP contribution is 2.57. The van der Waals surface area contributed by atoms with E-state index in [0.29, 0.717) is 10.6 Å². The number of ether oxygens (including phenoxy) is 1. The molecule has 3 atom stereocenters. The third kappa shape index (κ3) is 5.57. The molecule has 0 spiro atoms. The van der Waals surface area contributed by atoms with E-state index in [0.717, 1.165) is 0 Å². The van der Waals surface area contributed by atoms with Crippen molar-refractivity contribution in [2.45, 2.75) is 51.6 Å². The Morgan fingerprint density at radius 1 is 1.39 bits per heavy atom. The van der Waals surface area contributed by atoms with Crippen molar-refractivity contribution in [1.29, 1.82) is 0 Å². The van der Waals surface area contributed by atoms with Crippen LogP contribution in [0.15, 0.2) is 29.2 Å². The Morgan fingerprint density at radius 3 is 2.82 bits per heavy atom. The van der Waals surface area contributed by atoms with Gasteiger partial charge in [0.2, 0.25) is 0 Å². The van der Waals surface area contributed by atoms with Crippen LogP contribution in [-0.2, 0) is 25.0 Å². The third-order valence-corrected chi connectivity index (χ3v) is 6.61. The van der Waals surface area contributed by atoms with Gasteiger partial charge in [0.15, 0.2) is 4.77 Å². The highest BCUT2D eigenvalue weighted by molar-refractivity contribution is 7.71. The Morgan fingerprint density at radius 2 is 2.12 bits per heavy atom. The summed E-state index contributed by atoms with van der Waals surface area (Å²) in [5, 5.41) is 21.3. The van der Waals surface area contributed by atoms with E-state index in [-0.39, 0.29) is 35.5 Å². The lowest BCUT2D eigenvalue weighted by Crippen LogP contribution is -2.44. The number of nitrogens with one attached hydrogen (secondary N) is 1. The standard InChI is InChI=1S/C18H16ClN2O8PS.C2H6/c1-2-10-8-21(17(31)20-16(10)22)15-6-5-14(27-15)18(23,24)29-30(25)26-9-11-7-12(19)3-4-13(11)28-30;1-2/h1,3-4,7-8,14-15,23-24H,5-6,9H2,(H,20,22,31);1-2H3. The van der Waals surface area contributed by atoms with Gasteiger partial charge in [-0.1, -0.05) is 31.4 Å². The summed E-state index contributed by atoms with van der Waals surface area (Å²) in [6.07, 6.45) is 4.90. The molecule has 3 heterocycles. The van der Waals surface area contributed by atoms with Crippen molar-refractivity contribution >= 4 is 31.6 Å². The van der Waals surface area contributed by atoms with E-state index in [2.05, 4.69) is 10.9 Å². The number of fused-ring (bicyclic) bond motifs is 1. The van der Waals surface area contributed by atoms with Crippen molar-refractivity contribution in [3.63, 3.8) is 0 Å². The summed E-state index contributed by atoms with van der Waals surface area (Å²) in [6.45, 7) is 3.83. The van der Waals surface area contributed by atoms with Crippen molar-refractivity contribution in [3.8, 4) is 18.1 Å². The Labute approximate surface area is 199 Å². The minimum absolute atomic E-state index is 0.0309. The maximum atomic E-state index is 12.8. The van der Waals surface area contributed by atoms with Gasteiger partial charge in [0.05, 0.1) is 6.61 Å². The minimum Gasteiger partial charge on any atom is -0.404 e. The molecule has 0 aliphatic carbocycles. The van der Waals surface area contributed by atoms with E-state index in [1.165, 1.54) is 22.9 Å². The number of benzene rings is 1. The molecular formula is C20H22ClN2O8PS. The summed E-state index contributed by atoms with van der Waals surface area (Å²) in [5.74, 6) is -0.594. The van der Waals surface area contributed by atoms with Gasteiger partial charge in [-0.15, -0.1) is 6.42 Å². The average molecular weight is 517 g/mol. The molecule has 0 bridgehead atoms. The van der Waals surface area contributed by atoms with Gasteiger partial charge in [-0.25, -0.2) is 9.09 Å². The van der Waals surface area contributed by atoms with Crippen LogP contribution in [0, 0.1) is 17.1 Å². The number of rotatable bonds is 4. The number of hydrogen-bond donors (Lipinski definition) is 3. The molecule has 0 amide bonds. The van der Waals surface area contributed by atoms with Gasteiger partial charge in [-0.3, -0.25) is 18.9 Å². The number of aromatic nitrogens is 2. The molecule has 0 saturated carbocycles. The van der Waals surface area contributed by atoms with E-state index in [1.807, 2.05) is 13.8 Å². The predicted octanol–water partition coefficient (Wildman–Crippen LogP) is 3.62. The molecule has 13 heteroatoms. The zero-order valence-corrected chi connectivity index (χ0v) is 20.2. The first-order valence-electron chi connectivity index (χ1n) is 9.96. The molecule has 1 fully saturated rings. The molecule has 33 heavy (non-hydrogen) atoms. The molecule has 10 nitrogen and oxygen atoms in total. The molecule has 0 radical (unpaired) electrons. The SMILES string of the molecule is C#Cc1cn(C2CCC(C(O)(O)OP3(=O)OCc4cc(Cl)ccc4O3)O2)c(=S)[nH]c1=O.CC.